The fourth-order valence-electron chi connectivity index (χ4n) is 3.41. The molecule has 0 saturated carbocycles. The maximum absolute atomic E-state index is 12.5. The van der Waals surface area contributed by atoms with Crippen molar-refractivity contribution in [1.29, 1.82) is 0 Å². The predicted molar refractivity (Wildman–Crippen MR) is 131 cm³/mol. The summed E-state index contributed by atoms with van der Waals surface area (Å²) in [5, 5.41) is 9.96. The summed E-state index contributed by atoms with van der Waals surface area (Å²) in [5.74, 6) is 1.31. The molecule has 2 aromatic carbocycles. The van der Waals surface area contributed by atoms with E-state index in [0.717, 1.165) is 11.4 Å². The molecule has 2 heterocycles. The summed E-state index contributed by atoms with van der Waals surface area (Å²) in [4.78, 5) is 29.3. The number of nitrogens with zero attached hydrogens (tertiary/aromatic N) is 3. The van der Waals surface area contributed by atoms with Crippen LogP contribution in [0.1, 0.15) is 23.6 Å². The Kier molecular flexibility index (Phi) is 7.57. The summed E-state index contributed by atoms with van der Waals surface area (Å²) in [6, 6.07) is 18.5. The highest BCUT2D eigenvalue weighted by Crippen LogP contribution is 2.29. The van der Waals surface area contributed by atoms with Gasteiger partial charge in [0.05, 0.1) is 36.5 Å². The average Bonchev–Trinajstić information content (AvgIpc) is 3.43. The standard InChI is InChI=1S/C26H27N5O4/c1-18-12-14-31(30-18)17-25(33)27-16-23-19(2)35-26(29-23)21-10-6-7-11-22(21)28-24(32)13-15-34-20-8-4-3-5-9-20/h3-12,14H,13,15-17H2,1-2H3,(H,27,33)(H,28,32). The van der Waals surface area contributed by atoms with Gasteiger partial charge in [-0.15, -0.1) is 0 Å². The molecule has 0 aliphatic rings. The van der Waals surface area contributed by atoms with Crippen molar-refractivity contribution in [1.82, 2.24) is 20.1 Å². The average molecular weight is 474 g/mol. The van der Waals surface area contributed by atoms with Crippen LogP contribution in [0.3, 0.4) is 0 Å². The van der Waals surface area contributed by atoms with Gasteiger partial charge >= 0.3 is 0 Å². The quantitative estimate of drug-likeness (QED) is 0.362. The number of benzene rings is 2. The summed E-state index contributed by atoms with van der Waals surface area (Å²) < 4.78 is 13.0. The predicted octanol–water partition coefficient (Wildman–Crippen LogP) is 3.88. The van der Waals surface area contributed by atoms with Gasteiger partial charge < -0.3 is 19.8 Å². The van der Waals surface area contributed by atoms with E-state index in [1.807, 2.05) is 61.5 Å². The summed E-state index contributed by atoms with van der Waals surface area (Å²) in [6.45, 7) is 4.27. The van der Waals surface area contributed by atoms with Crippen molar-refractivity contribution in [2.45, 2.75) is 33.4 Å². The van der Waals surface area contributed by atoms with E-state index in [0.29, 0.717) is 28.6 Å². The van der Waals surface area contributed by atoms with Crippen LogP contribution in [0, 0.1) is 13.8 Å². The van der Waals surface area contributed by atoms with E-state index < -0.39 is 0 Å². The highest BCUT2D eigenvalue weighted by Gasteiger charge is 2.16. The van der Waals surface area contributed by atoms with Crippen LogP contribution in [-0.4, -0.2) is 33.2 Å². The van der Waals surface area contributed by atoms with Gasteiger partial charge in [-0.25, -0.2) is 4.98 Å². The van der Waals surface area contributed by atoms with Crippen LogP contribution >= 0.6 is 0 Å². The number of aryl methyl sites for hydroxylation is 2. The molecular weight excluding hydrogens is 446 g/mol. The van der Waals surface area contributed by atoms with Crippen LogP contribution in [0.5, 0.6) is 5.75 Å². The zero-order valence-electron chi connectivity index (χ0n) is 19.7. The molecule has 4 aromatic rings. The highest BCUT2D eigenvalue weighted by atomic mass is 16.5. The van der Waals surface area contributed by atoms with Crippen molar-refractivity contribution in [3.63, 3.8) is 0 Å². The van der Waals surface area contributed by atoms with Crippen molar-refractivity contribution in [3.8, 4) is 17.2 Å². The maximum atomic E-state index is 12.5. The first-order valence-corrected chi connectivity index (χ1v) is 11.3. The van der Waals surface area contributed by atoms with E-state index in [9.17, 15) is 9.59 Å². The lowest BCUT2D eigenvalue weighted by Crippen LogP contribution is -2.27. The van der Waals surface area contributed by atoms with Crippen molar-refractivity contribution < 1.29 is 18.7 Å². The molecule has 2 N–H and O–H groups in total. The molecule has 0 saturated heterocycles. The second kappa shape index (κ2) is 11.1. The maximum Gasteiger partial charge on any atom is 0.242 e. The Balaban J connectivity index is 1.35. The van der Waals surface area contributed by atoms with Gasteiger partial charge in [0.15, 0.2) is 0 Å². The molecule has 0 unspecified atom stereocenters. The third-order valence-electron chi connectivity index (χ3n) is 5.20. The van der Waals surface area contributed by atoms with Crippen molar-refractivity contribution in [3.05, 3.63) is 84.0 Å². The largest absolute Gasteiger partial charge is 0.493 e. The minimum atomic E-state index is -0.182. The summed E-state index contributed by atoms with van der Waals surface area (Å²) in [5.41, 5.74) is 2.70. The number of carbonyl (C=O) groups is 2. The van der Waals surface area contributed by atoms with Gasteiger partial charge in [0.1, 0.15) is 23.7 Å². The molecule has 4 rings (SSSR count). The Labute approximate surface area is 203 Å². The lowest BCUT2D eigenvalue weighted by molar-refractivity contribution is -0.122. The second-order valence-corrected chi connectivity index (χ2v) is 7.96. The molecule has 0 aliphatic heterocycles. The molecule has 0 radical (unpaired) electrons. The molecule has 0 spiro atoms. The Morgan fingerprint density at radius 3 is 2.54 bits per heavy atom. The minimum Gasteiger partial charge on any atom is -0.493 e. The lowest BCUT2D eigenvalue weighted by atomic mass is 10.1. The van der Waals surface area contributed by atoms with Gasteiger partial charge in [-0.3, -0.25) is 14.3 Å². The number of para-hydroxylation sites is 2. The van der Waals surface area contributed by atoms with E-state index in [-0.39, 0.29) is 37.9 Å². The summed E-state index contributed by atoms with van der Waals surface area (Å²) in [6.07, 6.45) is 1.95. The fourth-order valence-corrected chi connectivity index (χ4v) is 3.41. The van der Waals surface area contributed by atoms with E-state index in [1.165, 1.54) is 0 Å². The van der Waals surface area contributed by atoms with Crippen molar-refractivity contribution in [2.24, 2.45) is 0 Å². The normalized spacial score (nSPS) is 10.7. The Bertz CT molecular complexity index is 1300. The number of nitrogens with one attached hydrogen (secondary N) is 2. The van der Waals surface area contributed by atoms with E-state index in [1.54, 1.807) is 23.9 Å². The van der Waals surface area contributed by atoms with Gasteiger partial charge in [-0.2, -0.15) is 5.10 Å². The molecule has 2 amide bonds. The number of hydrogen-bond donors (Lipinski definition) is 2. The molecule has 180 valence electrons. The van der Waals surface area contributed by atoms with Crippen LogP contribution in [0.15, 0.2) is 71.3 Å². The number of anilines is 1. The zero-order valence-corrected chi connectivity index (χ0v) is 19.7. The number of rotatable bonds is 10. The number of oxazole rings is 1. The number of carbonyl (C=O) groups excluding carboxylic acids is 2. The molecule has 9 nitrogen and oxygen atoms in total. The lowest BCUT2D eigenvalue weighted by Gasteiger charge is -2.09. The van der Waals surface area contributed by atoms with Crippen molar-refractivity contribution in [2.75, 3.05) is 11.9 Å². The third kappa shape index (κ3) is 6.57. The Morgan fingerprint density at radius 2 is 1.77 bits per heavy atom. The molecule has 9 heteroatoms. The Morgan fingerprint density at radius 1 is 1.00 bits per heavy atom. The van der Waals surface area contributed by atoms with Crippen LogP contribution in [-0.2, 0) is 22.7 Å². The number of hydrogen-bond acceptors (Lipinski definition) is 6. The first-order valence-electron chi connectivity index (χ1n) is 11.3. The number of ether oxygens (including phenoxy) is 1. The number of aromatic nitrogens is 3. The monoisotopic (exact) mass is 473 g/mol. The van der Waals surface area contributed by atoms with Crippen LogP contribution in [0.4, 0.5) is 5.69 Å². The van der Waals surface area contributed by atoms with Gasteiger partial charge in [0.25, 0.3) is 0 Å². The molecule has 0 aliphatic carbocycles. The second-order valence-electron chi connectivity index (χ2n) is 7.96. The molecule has 0 atom stereocenters. The minimum absolute atomic E-state index is 0.125. The molecular formula is C26H27N5O4. The van der Waals surface area contributed by atoms with Crippen LogP contribution < -0.4 is 15.4 Å². The van der Waals surface area contributed by atoms with E-state index in [4.69, 9.17) is 9.15 Å². The SMILES string of the molecule is Cc1ccn(CC(=O)NCc2nc(-c3ccccc3NC(=O)CCOc3ccccc3)oc2C)n1. The molecule has 0 bridgehead atoms. The summed E-state index contributed by atoms with van der Waals surface area (Å²) in [7, 11) is 0. The van der Waals surface area contributed by atoms with Crippen LogP contribution in [0.2, 0.25) is 0 Å². The van der Waals surface area contributed by atoms with E-state index >= 15 is 0 Å². The van der Waals surface area contributed by atoms with Gasteiger partial charge in [0, 0.05) is 6.20 Å². The van der Waals surface area contributed by atoms with Crippen LogP contribution in [0.25, 0.3) is 11.5 Å². The molecule has 0 fully saturated rings. The highest BCUT2D eigenvalue weighted by molar-refractivity contribution is 5.94. The van der Waals surface area contributed by atoms with E-state index in [2.05, 4.69) is 20.7 Å². The van der Waals surface area contributed by atoms with Gasteiger partial charge in [-0.1, -0.05) is 30.3 Å². The third-order valence-corrected chi connectivity index (χ3v) is 5.20. The van der Waals surface area contributed by atoms with Gasteiger partial charge in [-0.05, 0) is 44.2 Å². The zero-order chi connectivity index (χ0) is 24.6. The Hall–Kier alpha value is -4.40. The topological polar surface area (TPSA) is 111 Å². The number of amides is 2. The van der Waals surface area contributed by atoms with Gasteiger partial charge in [0.2, 0.25) is 17.7 Å². The fraction of sp³-hybridized carbons (Fsp3) is 0.231. The summed E-state index contributed by atoms with van der Waals surface area (Å²) >= 11 is 0. The molecule has 2 aromatic heterocycles. The van der Waals surface area contributed by atoms with Crippen molar-refractivity contribution >= 4 is 17.5 Å². The smallest absolute Gasteiger partial charge is 0.242 e. The molecule has 35 heavy (non-hydrogen) atoms. The first-order chi connectivity index (χ1) is 17.0. The first kappa shape index (κ1) is 23.7.